The summed E-state index contributed by atoms with van der Waals surface area (Å²) in [6, 6.07) is 13.9. The maximum Gasteiger partial charge on any atom is 0.253 e. The summed E-state index contributed by atoms with van der Waals surface area (Å²) in [5.74, 6) is 0.605. The molecule has 0 fully saturated rings. The van der Waals surface area contributed by atoms with Crippen LogP contribution in [-0.4, -0.2) is 44.7 Å². The highest BCUT2D eigenvalue weighted by atomic mass is 32.2. The van der Waals surface area contributed by atoms with Crippen molar-refractivity contribution in [2.75, 3.05) is 21.1 Å². The molecule has 0 aliphatic rings. The molecule has 28 heavy (non-hydrogen) atoms. The van der Waals surface area contributed by atoms with Gasteiger partial charge in [0.25, 0.3) is 5.91 Å². The Morgan fingerprint density at radius 2 is 1.75 bits per heavy atom. The van der Waals surface area contributed by atoms with Crippen LogP contribution < -0.4 is 0 Å². The van der Waals surface area contributed by atoms with Crippen molar-refractivity contribution in [2.45, 2.75) is 24.8 Å². The zero-order valence-corrected chi connectivity index (χ0v) is 17.3. The summed E-state index contributed by atoms with van der Waals surface area (Å²) in [5.41, 5.74) is 2.11. The van der Waals surface area contributed by atoms with Gasteiger partial charge in [-0.1, -0.05) is 31.2 Å². The zero-order chi connectivity index (χ0) is 20.5. The summed E-state index contributed by atoms with van der Waals surface area (Å²) >= 11 is 0. The summed E-state index contributed by atoms with van der Waals surface area (Å²) in [5, 5.41) is 0.989. The first-order chi connectivity index (χ1) is 13.3. The number of sulfonamides is 1. The summed E-state index contributed by atoms with van der Waals surface area (Å²) < 4.78 is 31.7. The molecule has 0 bridgehead atoms. The molecule has 0 unspecified atom stereocenters. The average Bonchev–Trinajstić information content (AvgIpc) is 3.05. The second-order valence-corrected chi connectivity index (χ2v) is 8.98. The Kier molecular flexibility index (Phi) is 5.58. The number of hydrogen-bond acceptors (Lipinski definition) is 4. The highest BCUT2D eigenvalue weighted by Gasteiger charge is 2.21. The molecule has 7 heteroatoms. The second-order valence-electron chi connectivity index (χ2n) is 6.83. The van der Waals surface area contributed by atoms with E-state index in [0.29, 0.717) is 12.1 Å². The quantitative estimate of drug-likeness (QED) is 0.635. The molecule has 3 aromatic rings. The second kappa shape index (κ2) is 7.77. The van der Waals surface area contributed by atoms with E-state index in [1.807, 2.05) is 31.2 Å². The molecule has 6 nitrogen and oxygen atoms in total. The lowest BCUT2D eigenvalue weighted by Crippen LogP contribution is -2.27. The number of hydrogen-bond donors (Lipinski definition) is 0. The van der Waals surface area contributed by atoms with Crippen molar-refractivity contribution in [3.8, 4) is 0 Å². The minimum absolute atomic E-state index is 0.0970. The Labute approximate surface area is 165 Å². The van der Waals surface area contributed by atoms with Gasteiger partial charge in [-0.2, -0.15) is 0 Å². The first-order valence-corrected chi connectivity index (χ1v) is 10.5. The molecule has 0 radical (unpaired) electrons. The summed E-state index contributed by atoms with van der Waals surface area (Å²) in [6.07, 6.45) is 0.725. The van der Waals surface area contributed by atoms with E-state index in [0.717, 1.165) is 33.0 Å². The molecule has 3 rings (SSSR count). The van der Waals surface area contributed by atoms with Gasteiger partial charge in [0.1, 0.15) is 11.3 Å². The van der Waals surface area contributed by atoms with Crippen LogP contribution in [0.3, 0.4) is 0 Å². The van der Waals surface area contributed by atoms with E-state index in [2.05, 4.69) is 0 Å². The van der Waals surface area contributed by atoms with E-state index in [4.69, 9.17) is 4.42 Å². The van der Waals surface area contributed by atoms with Gasteiger partial charge in [0, 0.05) is 50.6 Å². The molecule has 0 aliphatic heterocycles. The first-order valence-electron chi connectivity index (χ1n) is 9.03. The van der Waals surface area contributed by atoms with Gasteiger partial charge in [-0.3, -0.25) is 4.79 Å². The van der Waals surface area contributed by atoms with Crippen LogP contribution in [0.15, 0.2) is 57.8 Å². The predicted molar refractivity (Wildman–Crippen MR) is 109 cm³/mol. The number of carbonyl (C=O) groups is 1. The Hall–Kier alpha value is -2.64. The number of fused-ring (bicyclic) bond motifs is 1. The zero-order valence-electron chi connectivity index (χ0n) is 16.5. The predicted octanol–water partition coefficient (Wildman–Crippen LogP) is 3.52. The fourth-order valence-corrected chi connectivity index (χ4v) is 4.09. The molecule has 1 aromatic heterocycles. The van der Waals surface area contributed by atoms with Crippen LogP contribution in [-0.2, 0) is 23.0 Å². The van der Waals surface area contributed by atoms with Crippen LogP contribution in [0.4, 0.5) is 0 Å². The molecule has 0 spiro atoms. The van der Waals surface area contributed by atoms with E-state index in [1.165, 1.54) is 26.2 Å². The number of rotatable bonds is 6. The van der Waals surface area contributed by atoms with Crippen LogP contribution in [0.2, 0.25) is 0 Å². The van der Waals surface area contributed by atoms with E-state index in [1.54, 1.807) is 24.1 Å². The first kappa shape index (κ1) is 20.1. The smallest absolute Gasteiger partial charge is 0.253 e. The number of furan rings is 1. The summed E-state index contributed by atoms with van der Waals surface area (Å²) in [7, 11) is 1.03. The number of amides is 1. The molecule has 148 valence electrons. The molecular weight excluding hydrogens is 376 g/mol. The van der Waals surface area contributed by atoms with Gasteiger partial charge in [-0.05, 0) is 24.3 Å². The lowest BCUT2D eigenvalue weighted by atomic mass is 10.1. The number of aryl methyl sites for hydroxylation is 1. The topological polar surface area (TPSA) is 70.8 Å². The van der Waals surface area contributed by atoms with E-state index in [-0.39, 0.29) is 10.8 Å². The third-order valence-electron chi connectivity index (χ3n) is 4.70. The van der Waals surface area contributed by atoms with Gasteiger partial charge in [0.05, 0.1) is 4.90 Å². The third kappa shape index (κ3) is 3.68. The molecule has 1 heterocycles. The van der Waals surface area contributed by atoms with E-state index >= 15 is 0 Å². The molecular formula is C21H24N2O4S. The minimum atomic E-state index is -3.60. The van der Waals surface area contributed by atoms with Crippen molar-refractivity contribution >= 4 is 26.9 Å². The SMILES string of the molecule is CCc1oc2ccccc2c1CN(C)C(=O)c1cccc(S(=O)(=O)N(C)C)c1. The van der Waals surface area contributed by atoms with Crippen LogP contribution >= 0.6 is 0 Å². The number of carbonyl (C=O) groups excluding carboxylic acids is 1. The standard InChI is InChI=1S/C21H24N2O4S/c1-5-19-18(17-11-6-7-12-20(17)27-19)14-23(4)21(24)15-9-8-10-16(13-15)28(25,26)22(2)3/h6-13H,5,14H2,1-4H3. The Balaban J connectivity index is 1.91. The largest absolute Gasteiger partial charge is 0.461 e. The van der Waals surface area contributed by atoms with Crippen LogP contribution in [0, 0.1) is 0 Å². The van der Waals surface area contributed by atoms with Crippen LogP contribution in [0.25, 0.3) is 11.0 Å². The maximum atomic E-state index is 12.9. The number of benzene rings is 2. The van der Waals surface area contributed by atoms with E-state index in [9.17, 15) is 13.2 Å². The Morgan fingerprint density at radius 3 is 2.43 bits per heavy atom. The summed E-state index contributed by atoms with van der Waals surface area (Å²) in [4.78, 5) is 14.6. The van der Waals surface area contributed by atoms with Gasteiger partial charge in [0.15, 0.2) is 0 Å². The average molecular weight is 401 g/mol. The van der Waals surface area contributed by atoms with Crippen molar-refractivity contribution in [3.05, 3.63) is 65.4 Å². The van der Waals surface area contributed by atoms with Crippen LogP contribution in [0.5, 0.6) is 0 Å². The highest BCUT2D eigenvalue weighted by Crippen LogP contribution is 2.27. The lowest BCUT2D eigenvalue weighted by Gasteiger charge is -2.18. The monoisotopic (exact) mass is 400 g/mol. The third-order valence-corrected chi connectivity index (χ3v) is 6.52. The van der Waals surface area contributed by atoms with Gasteiger partial charge < -0.3 is 9.32 Å². The van der Waals surface area contributed by atoms with Gasteiger partial charge >= 0.3 is 0 Å². The summed E-state index contributed by atoms with van der Waals surface area (Å²) in [6.45, 7) is 2.39. The van der Waals surface area contributed by atoms with Crippen molar-refractivity contribution in [1.29, 1.82) is 0 Å². The van der Waals surface area contributed by atoms with Crippen molar-refractivity contribution < 1.29 is 17.6 Å². The molecule has 2 aromatic carbocycles. The molecule has 1 amide bonds. The van der Waals surface area contributed by atoms with Crippen LogP contribution in [0.1, 0.15) is 28.6 Å². The number of nitrogens with zero attached hydrogens (tertiary/aromatic N) is 2. The Morgan fingerprint density at radius 1 is 1.04 bits per heavy atom. The fraction of sp³-hybridized carbons (Fsp3) is 0.286. The number of para-hydroxylation sites is 1. The van der Waals surface area contributed by atoms with Gasteiger partial charge in [-0.15, -0.1) is 0 Å². The minimum Gasteiger partial charge on any atom is -0.461 e. The molecule has 0 saturated carbocycles. The van der Waals surface area contributed by atoms with Gasteiger partial charge in [-0.25, -0.2) is 12.7 Å². The highest BCUT2D eigenvalue weighted by molar-refractivity contribution is 7.89. The van der Waals surface area contributed by atoms with Crippen molar-refractivity contribution in [1.82, 2.24) is 9.21 Å². The van der Waals surface area contributed by atoms with Crippen molar-refractivity contribution in [2.24, 2.45) is 0 Å². The Bertz CT molecular complexity index is 1120. The molecule has 0 N–H and O–H groups in total. The molecule has 0 saturated heterocycles. The molecule has 0 aliphatic carbocycles. The van der Waals surface area contributed by atoms with E-state index < -0.39 is 10.0 Å². The molecule has 0 atom stereocenters. The fourth-order valence-electron chi connectivity index (χ4n) is 3.14. The normalized spacial score (nSPS) is 11.9. The maximum absolute atomic E-state index is 12.9. The van der Waals surface area contributed by atoms with Crippen molar-refractivity contribution in [3.63, 3.8) is 0 Å². The lowest BCUT2D eigenvalue weighted by molar-refractivity contribution is 0.0785. The van der Waals surface area contributed by atoms with Gasteiger partial charge in [0.2, 0.25) is 10.0 Å².